The third kappa shape index (κ3) is 3.56. The summed E-state index contributed by atoms with van der Waals surface area (Å²) in [6, 6.07) is 6.07. The van der Waals surface area contributed by atoms with Crippen LogP contribution in [0.25, 0.3) is 11.3 Å². The van der Waals surface area contributed by atoms with Crippen LogP contribution in [-0.4, -0.2) is 43.6 Å². The average Bonchev–Trinajstić information content (AvgIpc) is 3.42. The molecule has 4 rings (SSSR count). The van der Waals surface area contributed by atoms with Crippen LogP contribution in [0, 0.1) is 19.8 Å². The number of hydrogen-bond donors (Lipinski definition) is 0. The summed E-state index contributed by atoms with van der Waals surface area (Å²) in [5.41, 5.74) is 4.54. The number of hydrogen-bond acceptors (Lipinski definition) is 7. The molecule has 3 aromatic heterocycles. The Balaban J connectivity index is 1.45. The third-order valence-corrected chi connectivity index (χ3v) is 6.01. The van der Waals surface area contributed by atoms with Crippen molar-refractivity contribution < 1.29 is 9.32 Å². The zero-order chi connectivity index (χ0) is 19.7. The summed E-state index contributed by atoms with van der Waals surface area (Å²) in [6.45, 7) is 7.35. The van der Waals surface area contributed by atoms with E-state index < -0.39 is 0 Å². The van der Waals surface area contributed by atoms with Crippen LogP contribution in [0.2, 0.25) is 0 Å². The molecular formula is C20H23N5O2S. The van der Waals surface area contributed by atoms with E-state index in [1.54, 1.807) is 0 Å². The van der Waals surface area contributed by atoms with E-state index in [-0.39, 0.29) is 5.91 Å². The van der Waals surface area contributed by atoms with Gasteiger partial charge in [-0.15, -0.1) is 5.10 Å². The zero-order valence-electron chi connectivity index (χ0n) is 16.3. The van der Waals surface area contributed by atoms with Gasteiger partial charge in [0.25, 0.3) is 5.91 Å². The summed E-state index contributed by atoms with van der Waals surface area (Å²) in [5.74, 6) is 1.25. The number of amides is 1. The summed E-state index contributed by atoms with van der Waals surface area (Å²) in [5, 5.41) is 8.09. The fourth-order valence-electron chi connectivity index (χ4n) is 3.81. The van der Waals surface area contributed by atoms with E-state index in [9.17, 15) is 4.79 Å². The molecule has 3 aromatic rings. The van der Waals surface area contributed by atoms with Gasteiger partial charge in [0, 0.05) is 18.8 Å². The standard InChI is InChI=1S/C20H23N5O2S/c1-4-16-19(28-24-22-16)20(26)25-9-8-14(11-25)10-15-6-5-7-17(21-15)18-12(2)23-27-13(18)3/h5-7,14H,4,8-11H2,1-3H3. The lowest BCUT2D eigenvalue weighted by Crippen LogP contribution is -2.29. The van der Waals surface area contributed by atoms with E-state index >= 15 is 0 Å². The molecule has 0 spiro atoms. The Morgan fingerprint density at radius 2 is 2.21 bits per heavy atom. The number of pyridine rings is 1. The van der Waals surface area contributed by atoms with Gasteiger partial charge in [-0.25, -0.2) is 0 Å². The fourth-order valence-corrected chi connectivity index (χ4v) is 4.53. The zero-order valence-corrected chi connectivity index (χ0v) is 17.1. The molecule has 0 aliphatic carbocycles. The van der Waals surface area contributed by atoms with Crippen LogP contribution in [-0.2, 0) is 12.8 Å². The molecular weight excluding hydrogens is 374 g/mol. The predicted octanol–water partition coefficient (Wildman–Crippen LogP) is 3.47. The summed E-state index contributed by atoms with van der Waals surface area (Å²) >= 11 is 1.20. The molecule has 1 atom stereocenters. The van der Waals surface area contributed by atoms with E-state index in [4.69, 9.17) is 9.51 Å². The average molecular weight is 398 g/mol. The highest BCUT2D eigenvalue weighted by Gasteiger charge is 2.29. The van der Waals surface area contributed by atoms with Gasteiger partial charge >= 0.3 is 0 Å². The van der Waals surface area contributed by atoms with Gasteiger partial charge in [-0.2, -0.15) is 0 Å². The maximum absolute atomic E-state index is 12.8. The van der Waals surface area contributed by atoms with E-state index in [0.717, 1.165) is 66.5 Å². The van der Waals surface area contributed by atoms with Gasteiger partial charge in [0.05, 0.1) is 22.6 Å². The summed E-state index contributed by atoms with van der Waals surface area (Å²) < 4.78 is 9.22. The Bertz CT molecular complexity index is 977. The van der Waals surface area contributed by atoms with Crippen LogP contribution < -0.4 is 0 Å². The van der Waals surface area contributed by atoms with E-state index in [2.05, 4.69) is 20.8 Å². The second-order valence-electron chi connectivity index (χ2n) is 7.23. The van der Waals surface area contributed by atoms with Crippen molar-refractivity contribution in [1.82, 2.24) is 24.6 Å². The van der Waals surface area contributed by atoms with Crippen LogP contribution >= 0.6 is 11.5 Å². The molecule has 1 saturated heterocycles. The first-order valence-corrected chi connectivity index (χ1v) is 10.3. The minimum atomic E-state index is 0.0618. The van der Waals surface area contributed by atoms with Crippen LogP contribution in [0.3, 0.4) is 0 Å². The van der Waals surface area contributed by atoms with Gasteiger partial charge in [-0.05, 0) is 62.7 Å². The monoisotopic (exact) mass is 397 g/mol. The quantitative estimate of drug-likeness (QED) is 0.655. The summed E-state index contributed by atoms with van der Waals surface area (Å²) in [7, 11) is 0. The van der Waals surface area contributed by atoms with Crippen molar-refractivity contribution in [2.24, 2.45) is 5.92 Å². The molecule has 1 aliphatic rings. The molecule has 146 valence electrons. The van der Waals surface area contributed by atoms with Crippen molar-refractivity contribution in [1.29, 1.82) is 0 Å². The first-order valence-electron chi connectivity index (χ1n) is 9.56. The van der Waals surface area contributed by atoms with Crippen molar-refractivity contribution in [3.8, 4) is 11.3 Å². The predicted molar refractivity (Wildman–Crippen MR) is 106 cm³/mol. The molecule has 0 radical (unpaired) electrons. The minimum Gasteiger partial charge on any atom is -0.361 e. The minimum absolute atomic E-state index is 0.0618. The van der Waals surface area contributed by atoms with Crippen LogP contribution in [0.5, 0.6) is 0 Å². The summed E-state index contributed by atoms with van der Waals surface area (Å²) in [4.78, 5) is 20.2. The molecule has 0 bridgehead atoms. The molecule has 1 unspecified atom stereocenters. The van der Waals surface area contributed by atoms with Crippen LogP contribution in [0.4, 0.5) is 0 Å². The van der Waals surface area contributed by atoms with Gasteiger partial charge in [-0.3, -0.25) is 9.78 Å². The number of likely N-dealkylation sites (tertiary alicyclic amines) is 1. The Hall–Kier alpha value is -2.61. The molecule has 8 heteroatoms. The SMILES string of the molecule is CCc1nnsc1C(=O)N1CCC(Cc2cccc(-c3c(C)noc3C)n2)C1. The van der Waals surface area contributed by atoms with E-state index in [1.807, 2.05) is 37.8 Å². The third-order valence-electron chi connectivity index (χ3n) is 5.25. The van der Waals surface area contributed by atoms with Crippen molar-refractivity contribution in [3.05, 3.63) is 45.9 Å². The van der Waals surface area contributed by atoms with Crippen LogP contribution in [0.15, 0.2) is 22.7 Å². The topological polar surface area (TPSA) is 85.0 Å². The lowest BCUT2D eigenvalue weighted by molar-refractivity contribution is 0.0790. The highest BCUT2D eigenvalue weighted by Crippen LogP contribution is 2.27. The van der Waals surface area contributed by atoms with Gasteiger partial charge in [0.15, 0.2) is 0 Å². The Morgan fingerprint density at radius 1 is 1.36 bits per heavy atom. The molecule has 0 aromatic carbocycles. The fraction of sp³-hybridized carbons (Fsp3) is 0.450. The molecule has 1 fully saturated rings. The maximum atomic E-state index is 12.8. The molecule has 1 amide bonds. The molecule has 0 saturated carbocycles. The smallest absolute Gasteiger partial charge is 0.267 e. The number of rotatable bonds is 5. The van der Waals surface area contributed by atoms with Gasteiger partial charge in [0.1, 0.15) is 10.6 Å². The van der Waals surface area contributed by atoms with Gasteiger partial charge < -0.3 is 9.42 Å². The molecule has 4 heterocycles. The van der Waals surface area contributed by atoms with Crippen molar-refractivity contribution in [3.63, 3.8) is 0 Å². The normalized spacial score (nSPS) is 16.7. The molecule has 28 heavy (non-hydrogen) atoms. The van der Waals surface area contributed by atoms with Gasteiger partial charge in [0.2, 0.25) is 0 Å². The first kappa shape index (κ1) is 18.7. The number of aromatic nitrogens is 4. The highest BCUT2D eigenvalue weighted by molar-refractivity contribution is 7.08. The Morgan fingerprint density at radius 3 is 2.96 bits per heavy atom. The summed E-state index contributed by atoms with van der Waals surface area (Å²) in [6.07, 6.45) is 2.56. The van der Waals surface area contributed by atoms with E-state index in [1.165, 1.54) is 11.5 Å². The van der Waals surface area contributed by atoms with Crippen molar-refractivity contribution in [2.75, 3.05) is 13.1 Å². The lowest BCUT2D eigenvalue weighted by Gasteiger charge is -2.16. The van der Waals surface area contributed by atoms with Crippen molar-refractivity contribution >= 4 is 17.4 Å². The second kappa shape index (κ2) is 7.79. The maximum Gasteiger partial charge on any atom is 0.267 e. The van der Waals surface area contributed by atoms with Crippen molar-refractivity contribution in [2.45, 2.75) is 40.0 Å². The number of aryl methyl sites for hydroxylation is 3. The second-order valence-corrected chi connectivity index (χ2v) is 7.98. The van der Waals surface area contributed by atoms with E-state index in [0.29, 0.717) is 10.8 Å². The number of nitrogens with zero attached hydrogens (tertiary/aromatic N) is 5. The molecule has 1 aliphatic heterocycles. The molecule has 7 nitrogen and oxygen atoms in total. The Labute approximate surface area is 167 Å². The first-order chi connectivity index (χ1) is 13.6. The lowest BCUT2D eigenvalue weighted by atomic mass is 10.0. The number of carbonyl (C=O) groups excluding carboxylic acids is 1. The highest BCUT2D eigenvalue weighted by atomic mass is 32.1. The van der Waals surface area contributed by atoms with Gasteiger partial charge in [-0.1, -0.05) is 22.6 Å². The molecule has 0 N–H and O–H groups in total. The van der Waals surface area contributed by atoms with Crippen LogP contribution in [0.1, 0.15) is 45.9 Å². The largest absolute Gasteiger partial charge is 0.361 e. The Kier molecular flexibility index (Phi) is 5.21. The number of carbonyl (C=O) groups is 1.